The van der Waals surface area contributed by atoms with Crippen molar-refractivity contribution in [2.75, 3.05) is 33.4 Å². The fourth-order valence-corrected chi connectivity index (χ4v) is 3.59. The number of ether oxygens (including phenoxy) is 2. The van der Waals surface area contributed by atoms with E-state index >= 15 is 0 Å². The second-order valence-electron chi connectivity index (χ2n) is 6.35. The molecule has 2 heterocycles. The van der Waals surface area contributed by atoms with Crippen LogP contribution in [0.15, 0.2) is 24.3 Å². The Balaban J connectivity index is 1.65. The quantitative estimate of drug-likeness (QED) is 0.846. The molecule has 0 saturated carbocycles. The molecule has 0 aromatic heterocycles. The molecular weight excluding hydrogens is 264 g/mol. The molecule has 0 unspecified atom stereocenters. The largest absolute Gasteiger partial charge is 0.497 e. The van der Waals surface area contributed by atoms with Gasteiger partial charge in [0.05, 0.1) is 25.9 Å². The van der Waals surface area contributed by atoms with Crippen molar-refractivity contribution in [3.63, 3.8) is 0 Å². The number of hydrogen-bond donors (Lipinski definition) is 0. The van der Waals surface area contributed by atoms with Gasteiger partial charge in [0.2, 0.25) is 0 Å². The maximum atomic E-state index is 5.99. The smallest absolute Gasteiger partial charge is 0.119 e. The SMILES string of the molecule is COc1cccc(CN2C[C@@H]3OCCN(C(C)C)[C@@H]3C2)c1. The van der Waals surface area contributed by atoms with Crippen molar-refractivity contribution in [1.29, 1.82) is 0 Å². The van der Waals surface area contributed by atoms with E-state index in [1.165, 1.54) is 5.56 Å². The number of methoxy groups -OCH3 is 1. The van der Waals surface area contributed by atoms with Gasteiger partial charge in [0.25, 0.3) is 0 Å². The van der Waals surface area contributed by atoms with Crippen molar-refractivity contribution >= 4 is 0 Å². The molecule has 2 atom stereocenters. The van der Waals surface area contributed by atoms with Gasteiger partial charge in [-0.2, -0.15) is 0 Å². The highest BCUT2D eigenvalue weighted by Crippen LogP contribution is 2.26. The lowest BCUT2D eigenvalue weighted by Crippen LogP contribution is -2.53. The van der Waals surface area contributed by atoms with Crippen molar-refractivity contribution in [3.8, 4) is 5.75 Å². The molecule has 2 fully saturated rings. The molecule has 1 aromatic carbocycles. The topological polar surface area (TPSA) is 24.9 Å². The van der Waals surface area contributed by atoms with Crippen LogP contribution in [0.25, 0.3) is 0 Å². The van der Waals surface area contributed by atoms with Gasteiger partial charge in [0, 0.05) is 32.2 Å². The number of benzene rings is 1. The van der Waals surface area contributed by atoms with Crippen molar-refractivity contribution in [1.82, 2.24) is 9.80 Å². The molecular formula is C17H26N2O2. The van der Waals surface area contributed by atoms with Crippen molar-refractivity contribution in [2.45, 2.75) is 38.6 Å². The van der Waals surface area contributed by atoms with Crippen molar-refractivity contribution < 1.29 is 9.47 Å². The van der Waals surface area contributed by atoms with Gasteiger partial charge in [-0.15, -0.1) is 0 Å². The molecule has 4 heteroatoms. The van der Waals surface area contributed by atoms with Gasteiger partial charge in [0.1, 0.15) is 5.75 Å². The van der Waals surface area contributed by atoms with Crippen LogP contribution >= 0.6 is 0 Å². The zero-order valence-electron chi connectivity index (χ0n) is 13.3. The molecule has 0 bridgehead atoms. The number of rotatable bonds is 4. The zero-order chi connectivity index (χ0) is 14.8. The van der Waals surface area contributed by atoms with E-state index < -0.39 is 0 Å². The van der Waals surface area contributed by atoms with E-state index in [4.69, 9.17) is 9.47 Å². The maximum absolute atomic E-state index is 5.99. The standard InChI is InChI=1S/C17H26N2O2/c1-13(2)19-7-8-21-17-12-18(11-16(17)19)10-14-5-4-6-15(9-14)20-3/h4-6,9,13,16-17H,7-8,10-12H2,1-3H3/t16-,17+/m1/s1. The van der Waals surface area contributed by atoms with Crippen LogP contribution in [0.4, 0.5) is 0 Å². The van der Waals surface area contributed by atoms with Crippen LogP contribution in [0.3, 0.4) is 0 Å². The summed E-state index contributed by atoms with van der Waals surface area (Å²) in [5, 5.41) is 0. The van der Waals surface area contributed by atoms with Gasteiger partial charge in [-0.05, 0) is 31.5 Å². The lowest BCUT2D eigenvalue weighted by Gasteiger charge is -2.39. The van der Waals surface area contributed by atoms with E-state index in [1.54, 1.807) is 7.11 Å². The number of nitrogens with zero attached hydrogens (tertiary/aromatic N) is 2. The highest BCUT2D eigenvalue weighted by atomic mass is 16.5. The van der Waals surface area contributed by atoms with Crippen LogP contribution in [0, 0.1) is 0 Å². The minimum absolute atomic E-state index is 0.367. The molecule has 0 radical (unpaired) electrons. The lowest BCUT2D eigenvalue weighted by atomic mass is 10.1. The fourth-order valence-electron chi connectivity index (χ4n) is 3.59. The molecule has 1 aromatic rings. The summed E-state index contributed by atoms with van der Waals surface area (Å²) >= 11 is 0. The first kappa shape index (κ1) is 14.8. The molecule has 2 aliphatic heterocycles. The van der Waals surface area contributed by atoms with Crippen molar-refractivity contribution in [2.24, 2.45) is 0 Å². The number of likely N-dealkylation sites (tertiary alicyclic amines) is 1. The summed E-state index contributed by atoms with van der Waals surface area (Å²) < 4.78 is 11.3. The van der Waals surface area contributed by atoms with E-state index in [1.807, 2.05) is 6.07 Å². The lowest BCUT2D eigenvalue weighted by molar-refractivity contribution is -0.0583. The Morgan fingerprint density at radius 3 is 2.95 bits per heavy atom. The van der Waals surface area contributed by atoms with Crippen LogP contribution in [-0.4, -0.2) is 61.3 Å². The Morgan fingerprint density at radius 1 is 1.33 bits per heavy atom. The average molecular weight is 290 g/mol. The Morgan fingerprint density at radius 2 is 2.19 bits per heavy atom. The van der Waals surface area contributed by atoms with Crippen LogP contribution < -0.4 is 4.74 Å². The predicted octanol–water partition coefficient (Wildman–Crippen LogP) is 1.99. The highest BCUT2D eigenvalue weighted by Gasteiger charge is 2.40. The average Bonchev–Trinajstić information content (AvgIpc) is 2.89. The molecule has 0 amide bonds. The molecule has 116 valence electrons. The van der Waals surface area contributed by atoms with E-state index in [0.717, 1.165) is 38.5 Å². The van der Waals surface area contributed by atoms with Gasteiger partial charge in [-0.3, -0.25) is 9.80 Å². The Kier molecular flexibility index (Phi) is 4.48. The first-order valence-electron chi connectivity index (χ1n) is 7.90. The second-order valence-corrected chi connectivity index (χ2v) is 6.35. The van der Waals surface area contributed by atoms with Crippen LogP contribution in [0.1, 0.15) is 19.4 Å². The van der Waals surface area contributed by atoms with E-state index in [-0.39, 0.29) is 0 Å². The molecule has 2 aliphatic rings. The Bertz CT molecular complexity index is 478. The molecule has 3 rings (SSSR count). The molecule has 0 aliphatic carbocycles. The monoisotopic (exact) mass is 290 g/mol. The van der Waals surface area contributed by atoms with Crippen LogP contribution in [0.5, 0.6) is 5.75 Å². The Labute approximate surface area is 127 Å². The number of fused-ring (bicyclic) bond motifs is 1. The second kappa shape index (κ2) is 6.34. The molecule has 2 saturated heterocycles. The number of hydrogen-bond acceptors (Lipinski definition) is 4. The van der Waals surface area contributed by atoms with Crippen LogP contribution in [0.2, 0.25) is 0 Å². The fraction of sp³-hybridized carbons (Fsp3) is 0.647. The summed E-state index contributed by atoms with van der Waals surface area (Å²) in [4.78, 5) is 5.10. The molecule has 4 nitrogen and oxygen atoms in total. The minimum atomic E-state index is 0.367. The summed E-state index contributed by atoms with van der Waals surface area (Å²) in [7, 11) is 1.72. The predicted molar refractivity (Wildman–Crippen MR) is 83.6 cm³/mol. The third kappa shape index (κ3) is 3.23. The maximum Gasteiger partial charge on any atom is 0.119 e. The summed E-state index contributed by atoms with van der Waals surface area (Å²) in [5.41, 5.74) is 1.31. The third-order valence-electron chi connectivity index (χ3n) is 4.62. The molecule has 0 spiro atoms. The van der Waals surface area contributed by atoms with Gasteiger partial charge in [0.15, 0.2) is 0 Å². The Hall–Kier alpha value is -1.10. The van der Waals surface area contributed by atoms with Crippen LogP contribution in [-0.2, 0) is 11.3 Å². The van der Waals surface area contributed by atoms with E-state index in [2.05, 4.69) is 41.8 Å². The normalized spacial score (nSPS) is 27.0. The summed E-state index contributed by atoms with van der Waals surface area (Å²) in [6.45, 7) is 9.60. The minimum Gasteiger partial charge on any atom is -0.497 e. The van der Waals surface area contributed by atoms with E-state index in [0.29, 0.717) is 18.2 Å². The first-order valence-corrected chi connectivity index (χ1v) is 7.90. The summed E-state index contributed by atoms with van der Waals surface area (Å²) in [6, 6.07) is 9.50. The zero-order valence-corrected chi connectivity index (χ0v) is 13.3. The van der Waals surface area contributed by atoms with Gasteiger partial charge >= 0.3 is 0 Å². The van der Waals surface area contributed by atoms with Crippen molar-refractivity contribution in [3.05, 3.63) is 29.8 Å². The highest BCUT2D eigenvalue weighted by molar-refractivity contribution is 5.28. The number of morpholine rings is 1. The first-order chi connectivity index (χ1) is 10.2. The molecule has 0 N–H and O–H groups in total. The third-order valence-corrected chi connectivity index (χ3v) is 4.62. The molecule has 21 heavy (non-hydrogen) atoms. The van der Waals surface area contributed by atoms with Gasteiger partial charge in [-0.1, -0.05) is 12.1 Å². The van der Waals surface area contributed by atoms with Gasteiger partial charge < -0.3 is 9.47 Å². The summed E-state index contributed by atoms with van der Waals surface area (Å²) in [5.74, 6) is 0.934. The van der Waals surface area contributed by atoms with E-state index in [9.17, 15) is 0 Å². The van der Waals surface area contributed by atoms with Gasteiger partial charge in [-0.25, -0.2) is 0 Å². The summed E-state index contributed by atoms with van der Waals surface area (Å²) in [6.07, 6.45) is 0.367.